The van der Waals surface area contributed by atoms with Crippen molar-refractivity contribution in [2.24, 2.45) is 0 Å². The smallest absolute Gasteiger partial charge is 0.224 e. The first-order chi connectivity index (χ1) is 6.77. The Bertz CT molecular complexity index is 330. The zero-order valence-electron chi connectivity index (χ0n) is 8.19. The van der Waals surface area contributed by atoms with Gasteiger partial charge in [-0.05, 0) is 24.9 Å². The zero-order valence-corrected chi connectivity index (χ0v) is 9.82. The average Bonchev–Trinajstić information content (AvgIpc) is 2.26. The van der Waals surface area contributed by atoms with Crippen LogP contribution in [0.3, 0.4) is 0 Å². The molecular weight excluding hydrogens is 212 g/mol. The van der Waals surface area contributed by atoms with Gasteiger partial charge in [-0.25, -0.2) is 0 Å². The molecule has 74 valence electrons. The van der Waals surface area contributed by atoms with Gasteiger partial charge in [-0.2, -0.15) is 0 Å². The number of benzene rings is 1. The van der Waals surface area contributed by atoms with Crippen LogP contribution in [0.5, 0.6) is 0 Å². The van der Waals surface area contributed by atoms with Crippen LogP contribution in [0.4, 0.5) is 0 Å². The molecule has 14 heavy (non-hydrogen) atoms. The molecule has 1 nitrogen and oxygen atoms in total. The van der Waals surface area contributed by atoms with Gasteiger partial charge in [0, 0.05) is 9.80 Å². The fraction of sp³-hybridized carbons (Fsp3) is 0.182. The molecule has 0 aromatic heterocycles. The van der Waals surface area contributed by atoms with Crippen LogP contribution in [0.2, 0.25) is 0 Å². The van der Waals surface area contributed by atoms with Gasteiger partial charge in [-0.3, -0.25) is 4.79 Å². The molecule has 0 bridgehead atoms. The molecule has 0 aliphatic carbocycles. The van der Waals surface area contributed by atoms with Crippen LogP contribution in [-0.2, 0) is 0 Å². The van der Waals surface area contributed by atoms with Crippen LogP contribution in [-0.4, -0.2) is 11.4 Å². The number of rotatable bonds is 3. The van der Waals surface area contributed by atoms with Gasteiger partial charge < -0.3 is 0 Å². The summed E-state index contributed by atoms with van der Waals surface area (Å²) in [5, 5.41) is 0.105. The summed E-state index contributed by atoms with van der Waals surface area (Å²) in [6, 6.07) is 9.34. The maximum Gasteiger partial charge on any atom is 0.224 e. The molecule has 3 heteroatoms. The third kappa shape index (κ3) is 3.24. The van der Waals surface area contributed by atoms with E-state index in [4.69, 9.17) is 0 Å². The van der Waals surface area contributed by atoms with Crippen LogP contribution in [0.15, 0.2) is 40.6 Å². The highest BCUT2D eigenvalue weighted by atomic mass is 32.2. The molecule has 1 aromatic rings. The Morgan fingerprint density at radius 1 is 1.29 bits per heavy atom. The van der Waals surface area contributed by atoms with Crippen molar-refractivity contribution < 1.29 is 4.79 Å². The number of hydrogen-bond acceptors (Lipinski definition) is 3. The summed E-state index contributed by atoms with van der Waals surface area (Å²) in [6.45, 7) is 1.94. The highest BCUT2D eigenvalue weighted by Gasteiger charge is 2.07. The van der Waals surface area contributed by atoms with Crippen molar-refractivity contribution in [2.45, 2.75) is 6.92 Å². The minimum Gasteiger partial charge on any atom is -0.281 e. The summed E-state index contributed by atoms with van der Waals surface area (Å²) in [7, 11) is 0. The van der Waals surface area contributed by atoms with Crippen molar-refractivity contribution in [1.29, 1.82) is 0 Å². The first kappa shape index (κ1) is 11.4. The Labute approximate surface area is 93.0 Å². The van der Waals surface area contributed by atoms with E-state index in [9.17, 15) is 4.79 Å². The van der Waals surface area contributed by atoms with Gasteiger partial charge in [0.05, 0.1) is 0 Å². The zero-order chi connectivity index (χ0) is 10.4. The van der Waals surface area contributed by atoms with Crippen LogP contribution < -0.4 is 0 Å². The third-order valence-corrected chi connectivity index (χ3v) is 3.89. The molecule has 0 radical (unpaired) electrons. The van der Waals surface area contributed by atoms with Crippen LogP contribution in [0.25, 0.3) is 0 Å². The van der Waals surface area contributed by atoms with E-state index < -0.39 is 0 Å². The van der Waals surface area contributed by atoms with Crippen molar-refractivity contribution in [1.82, 2.24) is 0 Å². The lowest BCUT2D eigenvalue weighted by Crippen LogP contribution is -1.91. The highest BCUT2D eigenvalue weighted by Crippen LogP contribution is 2.28. The second-order valence-electron chi connectivity index (χ2n) is 2.57. The monoisotopic (exact) mass is 224 g/mol. The molecule has 0 fully saturated rings. The lowest BCUT2D eigenvalue weighted by molar-refractivity contribution is 0.108. The summed E-state index contributed by atoms with van der Waals surface area (Å²) >= 11 is 2.88. The second-order valence-corrected chi connectivity index (χ2v) is 4.69. The lowest BCUT2D eigenvalue weighted by Gasteiger charge is -2.01. The summed E-state index contributed by atoms with van der Waals surface area (Å²) in [5.41, 5.74) is 0.755. The Hall–Kier alpha value is -0.670. The van der Waals surface area contributed by atoms with Gasteiger partial charge in [-0.15, -0.1) is 11.8 Å². The summed E-state index contributed by atoms with van der Waals surface area (Å²) in [4.78, 5) is 11.7. The summed E-state index contributed by atoms with van der Waals surface area (Å²) < 4.78 is 1.04. The fourth-order valence-electron chi connectivity index (χ4n) is 0.943. The van der Waals surface area contributed by atoms with E-state index in [1.54, 1.807) is 11.8 Å². The van der Waals surface area contributed by atoms with Gasteiger partial charge in [0.25, 0.3) is 0 Å². The normalized spacial score (nSPS) is 11.4. The van der Waals surface area contributed by atoms with E-state index in [0.717, 1.165) is 9.80 Å². The average molecular weight is 224 g/mol. The molecule has 0 aliphatic rings. The quantitative estimate of drug-likeness (QED) is 0.777. The highest BCUT2D eigenvalue weighted by molar-refractivity contribution is 8.29. The van der Waals surface area contributed by atoms with Gasteiger partial charge >= 0.3 is 0 Å². The Balaban J connectivity index is 2.68. The van der Waals surface area contributed by atoms with Gasteiger partial charge in [-0.1, -0.05) is 36.4 Å². The SMILES string of the molecule is C/C=C(/SC)SC(=O)c1ccccc1. The molecule has 0 spiro atoms. The minimum atomic E-state index is 0.105. The molecule has 1 rings (SSSR count). The molecule has 0 atom stereocenters. The molecule has 1 aromatic carbocycles. The lowest BCUT2D eigenvalue weighted by atomic mass is 10.2. The number of carbonyl (C=O) groups is 1. The van der Waals surface area contributed by atoms with Crippen LogP contribution in [0.1, 0.15) is 17.3 Å². The van der Waals surface area contributed by atoms with Gasteiger partial charge in [0.2, 0.25) is 5.12 Å². The van der Waals surface area contributed by atoms with E-state index >= 15 is 0 Å². The van der Waals surface area contributed by atoms with Crippen LogP contribution in [0, 0.1) is 0 Å². The van der Waals surface area contributed by atoms with Crippen molar-refractivity contribution in [2.75, 3.05) is 6.26 Å². The van der Waals surface area contributed by atoms with E-state index in [-0.39, 0.29) is 5.12 Å². The van der Waals surface area contributed by atoms with E-state index in [0.29, 0.717) is 0 Å². The maximum absolute atomic E-state index is 11.7. The standard InChI is InChI=1S/C11H12OS2/c1-3-10(13-2)14-11(12)9-7-5-4-6-8-9/h3-8H,1-2H3/b10-3-. The van der Waals surface area contributed by atoms with E-state index in [1.165, 1.54) is 11.8 Å². The Kier molecular flexibility index (Phi) is 4.84. The van der Waals surface area contributed by atoms with Crippen molar-refractivity contribution >= 4 is 28.6 Å². The van der Waals surface area contributed by atoms with Gasteiger partial charge in [0.1, 0.15) is 0 Å². The molecule has 0 N–H and O–H groups in total. The molecule has 0 unspecified atom stereocenters. The number of hydrogen-bond donors (Lipinski definition) is 0. The number of thioether (sulfide) groups is 2. The van der Waals surface area contributed by atoms with E-state index in [2.05, 4.69) is 0 Å². The van der Waals surface area contributed by atoms with Crippen LogP contribution >= 0.6 is 23.5 Å². The fourth-order valence-corrected chi connectivity index (χ4v) is 2.29. The van der Waals surface area contributed by atoms with Crippen molar-refractivity contribution in [3.05, 3.63) is 46.2 Å². The first-order valence-electron chi connectivity index (χ1n) is 4.25. The number of carbonyl (C=O) groups excluding carboxylic acids is 1. The van der Waals surface area contributed by atoms with Crippen molar-refractivity contribution in [3.8, 4) is 0 Å². The first-order valence-corrected chi connectivity index (χ1v) is 6.29. The van der Waals surface area contributed by atoms with Crippen molar-refractivity contribution in [3.63, 3.8) is 0 Å². The Morgan fingerprint density at radius 3 is 2.43 bits per heavy atom. The van der Waals surface area contributed by atoms with E-state index in [1.807, 2.05) is 49.6 Å². The molecule has 0 aliphatic heterocycles. The summed E-state index contributed by atoms with van der Waals surface area (Å²) in [6.07, 6.45) is 3.93. The molecular formula is C11H12OS2. The molecule has 0 saturated heterocycles. The number of allylic oxidation sites excluding steroid dienone is 1. The predicted octanol–water partition coefficient (Wildman–Crippen LogP) is 3.78. The molecule has 0 amide bonds. The Morgan fingerprint density at radius 2 is 1.93 bits per heavy atom. The summed E-state index contributed by atoms with van der Waals surface area (Å²) in [5.74, 6) is 0. The second kappa shape index (κ2) is 5.94. The molecule has 0 saturated carbocycles. The third-order valence-electron chi connectivity index (χ3n) is 1.64. The minimum absolute atomic E-state index is 0.105. The maximum atomic E-state index is 11.7. The predicted molar refractivity (Wildman–Crippen MR) is 65.6 cm³/mol. The van der Waals surface area contributed by atoms with Gasteiger partial charge in [0.15, 0.2) is 0 Å². The topological polar surface area (TPSA) is 17.1 Å². The largest absolute Gasteiger partial charge is 0.281 e. The molecule has 0 heterocycles.